The number of nitrogens with zero attached hydrogens (tertiary/aromatic N) is 4. The van der Waals surface area contributed by atoms with Crippen molar-refractivity contribution < 1.29 is 9.53 Å². The number of allylic oxidation sites excluding steroid dienone is 1. The SMILES string of the molecule is COc1cc(C(=O)N2C[C@H]3CCC2C3N)cc2nc(-c3cc4ccc(/C=C/Cc5ccccc5)cc4n3CC3CC3)n(C)c12. The number of likely N-dealkylation sites (tertiary alicyclic amines) is 1. The summed E-state index contributed by atoms with van der Waals surface area (Å²) in [7, 11) is 3.71. The molecule has 3 fully saturated rings. The molecule has 5 aromatic rings. The van der Waals surface area contributed by atoms with Gasteiger partial charge < -0.3 is 24.5 Å². The maximum Gasteiger partial charge on any atom is 0.254 e. The topological polar surface area (TPSA) is 78.3 Å². The number of hydrogen-bond donors (Lipinski definition) is 1. The molecule has 1 aliphatic heterocycles. The second-order valence-corrected chi connectivity index (χ2v) is 13.0. The minimum absolute atomic E-state index is 0.0238. The highest BCUT2D eigenvalue weighted by Gasteiger charge is 2.47. The van der Waals surface area contributed by atoms with Gasteiger partial charge in [0.25, 0.3) is 5.91 Å². The van der Waals surface area contributed by atoms with Gasteiger partial charge in [0.1, 0.15) is 11.3 Å². The van der Waals surface area contributed by atoms with Gasteiger partial charge in [-0.15, -0.1) is 0 Å². The maximum absolute atomic E-state index is 13.7. The van der Waals surface area contributed by atoms with Crippen molar-refractivity contribution in [3.8, 4) is 17.3 Å². The third kappa shape index (κ3) is 4.61. The lowest BCUT2D eigenvalue weighted by Gasteiger charge is -2.27. The van der Waals surface area contributed by atoms with Crippen LogP contribution < -0.4 is 10.5 Å². The number of carbonyl (C=O) groups excluding carboxylic acids is 1. The summed E-state index contributed by atoms with van der Waals surface area (Å²) in [5, 5.41) is 1.20. The van der Waals surface area contributed by atoms with E-state index in [-0.39, 0.29) is 18.0 Å². The summed E-state index contributed by atoms with van der Waals surface area (Å²) in [5.74, 6) is 2.66. The van der Waals surface area contributed by atoms with E-state index < -0.39 is 0 Å². The molecule has 3 heterocycles. The van der Waals surface area contributed by atoms with E-state index >= 15 is 0 Å². The quantitative estimate of drug-likeness (QED) is 0.228. The highest BCUT2D eigenvalue weighted by atomic mass is 16.5. The van der Waals surface area contributed by atoms with Crippen LogP contribution >= 0.6 is 0 Å². The number of hydrogen-bond acceptors (Lipinski definition) is 4. The number of fused-ring (bicyclic) bond motifs is 4. The second-order valence-electron chi connectivity index (χ2n) is 13.0. The van der Waals surface area contributed by atoms with E-state index in [9.17, 15) is 4.79 Å². The summed E-state index contributed by atoms with van der Waals surface area (Å²) < 4.78 is 10.4. The molecule has 3 atom stereocenters. The summed E-state index contributed by atoms with van der Waals surface area (Å²) in [6.45, 7) is 1.71. The Balaban J connectivity index is 1.17. The Morgan fingerprint density at radius 3 is 2.61 bits per heavy atom. The molecule has 0 radical (unpaired) electrons. The largest absolute Gasteiger partial charge is 0.494 e. The van der Waals surface area contributed by atoms with Crippen molar-refractivity contribution >= 4 is 33.9 Å². The van der Waals surface area contributed by atoms with Crippen LogP contribution in [0.1, 0.15) is 47.2 Å². The van der Waals surface area contributed by atoms with Crippen LogP contribution in [0.15, 0.2) is 72.8 Å². The first-order chi connectivity index (χ1) is 21.5. The molecular weight excluding hydrogens is 546 g/mol. The minimum atomic E-state index is 0.0238. The second kappa shape index (κ2) is 10.7. The van der Waals surface area contributed by atoms with E-state index in [0.29, 0.717) is 23.1 Å². The number of aromatic nitrogens is 3. The molecule has 0 spiro atoms. The van der Waals surface area contributed by atoms with Gasteiger partial charge in [0.2, 0.25) is 0 Å². The Labute approximate surface area is 257 Å². The molecule has 2 saturated carbocycles. The third-order valence-electron chi connectivity index (χ3n) is 10.1. The number of amides is 1. The summed E-state index contributed by atoms with van der Waals surface area (Å²) in [5.41, 5.74) is 13.5. The van der Waals surface area contributed by atoms with Crippen molar-refractivity contribution in [2.75, 3.05) is 13.7 Å². The minimum Gasteiger partial charge on any atom is -0.494 e. The summed E-state index contributed by atoms with van der Waals surface area (Å²) in [6.07, 6.45) is 9.99. The molecular formula is C37H39N5O2. The first kappa shape index (κ1) is 27.2. The molecule has 44 heavy (non-hydrogen) atoms. The van der Waals surface area contributed by atoms with Gasteiger partial charge in [-0.2, -0.15) is 0 Å². The Bertz CT molecular complexity index is 1920. The predicted molar refractivity (Wildman–Crippen MR) is 176 cm³/mol. The number of carbonyl (C=O) groups is 1. The number of rotatable bonds is 8. The van der Waals surface area contributed by atoms with E-state index in [0.717, 1.165) is 54.9 Å². The van der Waals surface area contributed by atoms with Crippen molar-refractivity contribution in [1.29, 1.82) is 0 Å². The van der Waals surface area contributed by atoms with Gasteiger partial charge in [0.15, 0.2) is 5.82 Å². The molecule has 7 heteroatoms. The van der Waals surface area contributed by atoms with Gasteiger partial charge in [0, 0.05) is 48.7 Å². The summed E-state index contributed by atoms with van der Waals surface area (Å²) in [6, 6.07) is 23.6. The number of imidazole rings is 1. The lowest BCUT2D eigenvalue weighted by Crippen LogP contribution is -2.41. The zero-order chi connectivity index (χ0) is 29.9. The first-order valence-electron chi connectivity index (χ1n) is 15.9. The van der Waals surface area contributed by atoms with Gasteiger partial charge in [-0.25, -0.2) is 4.98 Å². The fraction of sp³-hybridized carbons (Fsp3) is 0.351. The van der Waals surface area contributed by atoms with E-state index in [4.69, 9.17) is 15.5 Å². The number of ether oxygens (including phenoxy) is 1. The molecule has 3 aromatic carbocycles. The Morgan fingerprint density at radius 2 is 1.89 bits per heavy atom. The summed E-state index contributed by atoms with van der Waals surface area (Å²) >= 11 is 0. The molecule has 2 unspecified atom stereocenters. The smallest absolute Gasteiger partial charge is 0.254 e. The molecule has 1 saturated heterocycles. The highest BCUT2D eigenvalue weighted by Crippen LogP contribution is 2.40. The molecule has 2 N–H and O–H groups in total. The van der Waals surface area contributed by atoms with Crippen molar-refractivity contribution in [3.05, 3.63) is 89.5 Å². The van der Waals surface area contributed by atoms with Gasteiger partial charge in [0.05, 0.1) is 18.3 Å². The molecule has 3 aliphatic rings. The highest BCUT2D eigenvalue weighted by molar-refractivity contribution is 6.00. The number of piperidine rings is 1. The van der Waals surface area contributed by atoms with Crippen molar-refractivity contribution in [2.45, 2.75) is 50.7 Å². The van der Waals surface area contributed by atoms with Gasteiger partial charge in [-0.05, 0) is 79.3 Å². The number of methoxy groups -OCH3 is 1. The van der Waals surface area contributed by atoms with E-state index in [2.05, 4.69) is 75.9 Å². The van der Waals surface area contributed by atoms with Crippen LogP contribution in [0.4, 0.5) is 0 Å². The van der Waals surface area contributed by atoms with Crippen LogP contribution in [-0.2, 0) is 20.0 Å². The van der Waals surface area contributed by atoms with Crippen LogP contribution in [0.2, 0.25) is 0 Å². The average molecular weight is 586 g/mol. The first-order valence-corrected chi connectivity index (χ1v) is 15.9. The zero-order valence-electron chi connectivity index (χ0n) is 25.4. The van der Waals surface area contributed by atoms with Crippen molar-refractivity contribution in [2.24, 2.45) is 24.6 Å². The van der Waals surface area contributed by atoms with Crippen LogP contribution in [0.5, 0.6) is 5.75 Å². The zero-order valence-corrected chi connectivity index (χ0v) is 25.4. The Morgan fingerprint density at radius 1 is 1.05 bits per heavy atom. The molecule has 2 bridgehead atoms. The Hall–Kier alpha value is -4.36. The van der Waals surface area contributed by atoms with Crippen molar-refractivity contribution in [1.82, 2.24) is 19.0 Å². The normalized spacial score (nSPS) is 21.3. The fourth-order valence-electron chi connectivity index (χ4n) is 7.53. The van der Waals surface area contributed by atoms with E-state index in [1.165, 1.54) is 34.9 Å². The van der Waals surface area contributed by atoms with Crippen molar-refractivity contribution in [3.63, 3.8) is 0 Å². The number of aryl methyl sites for hydroxylation is 1. The predicted octanol–water partition coefficient (Wildman–Crippen LogP) is 6.43. The summed E-state index contributed by atoms with van der Waals surface area (Å²) in [4.78, 5) is 20.9. The third-order valence-corrected chi connectivity index (χ3v) is 10.1. The van der Waals surface area contributed by atoms with Crippen LogP contribution in [-0.4, -0.2) is 50.7 Å². The lowest BCUT2D eigenvalue weighted by atomic mass is 10.1. The average Bonchev–Trinajstić information content (AvgIpc) is 3.45. The van der Waals surface area contributed by atoms with Gasteiger partial charge >= 0.3 is 0 Å². The van der Waals surface area contributed by atoms with Crippen LogP contribution in [0.25, 0.3) is 39.5 Å². The molecule has 1 amide bonds. The molecule has 7 nitrogen and oxygen atoms in total. The monoisotopic (exact) mass is 585 g/mol. The molecule has 8 rings (SSSR count). The standard InChI is InChI=1S/C37H39N5O2/c1-40-35-29(18-28(20-33(35)44-2)37(43)42-22-27-15-16-30(42)34(27)38)39-36(40)32-19-26-14-13-24(10-6-9-23-7-4-3-5-8-23)17-31(26)41(32)21-25-11-12-25/h3-8,10,13-14,17-20,25,27,30,34H,9,11-12,15-16,21-22,38H2,1-2H3/b10-6+/t27-,30?,34?/m1/s1. The molecule has 2 aromatic heterocycles. The maximum atomic E-state index is 13.7. The lowest BCUT2D eigenvalue weighted by molar-refractivity contribution is 0.0700. The van der Waals surface area contributed by atoms with Gasteiger partial charge in [-0.1, -0.05) is 54.6 Å². The van der Waals surface area contributed by atoms with E-state index in [1.54, 1.807) is 7.11 Å². The fourth-order valence-corrected chi connectivity index (χ4v) is 7.53. The Kier molecular flexibility index (Phi) is 6.60. The molecule has 224 valence electrons. The van der Waals surface area contributed by atoms with E-state index in [1.807, 2.05) is 24.1 Å². The molecule has 2 aliphatic carbocycles. The van der Waals surface area contributed by atoms with Gasteiger partial charge in [-0.3, -0.25) is 4.79 Å². The number of nitrogens with two attached hydrogens (primary N) is 1. The van der Waals surface area contributed by atoms with Crippen LogP contribution in [0, 0.1) is 11.8 Å². The van der Waals surface area contributed by atoms with Crippen LogP contribution in [0.3, 0.4) is 0 Å². The number of benzene rings is 3.